The predicted molar refractivity (Wildman–Crippen MR) is 104 cm³/mol. The van der Waals surface area contributed by atoms with E-state index >= 15 is 0 Å². The number of anilines is 4. The first-order valence-electron chi connectivity index (χ1n) is 9.02. The van der Waals surface area contributed by atoms with Crippen molar-refractivity contribution in [2.75, 3.05) is 61.7 Å². The van der Waals surface area contributed by atoms with Gasteiger partial charge in [0.1, 0.15) is 11.6 Å². The first-order valence-corrected chi connectivity index (χ1v) is 9.02. The van der Waals surface area contributed by atoms with E-state index in [0.717, 1.165) is 12.1 Å². The van der Waals surface area contributed by atoms with Gasteiger partial charge in [0.05, 0.1) is 0 Å². The monoisotopic (exact) mass is 452 g/mol. The van der Waals surface area contributed by atoms with Crippen LogP contribution >= 0.6 is 0 Å². The van der Waals surface area contributed by atoms with E-state index in [2.05, 4.69) is 30.6 Å². The molecule has 0 spiro atoms. The van der Waals surface area contributed by atoms with Gasteiger partial charge in [-0.15, -0.1) is 0 Å². The van der Waals surface area contributed by atoms with Crippen LogP contribution in [0.3, 0.4) is 0 Å². The average Bonchev–Trinajstić information content (AvgIpc) is 2.65. The predicted octanol–water partition coefficient (Wildman–Crippen LogP) is 3.35. The molecule has 0 saturated heterocycles. The smallest absolute Gasteiger partial charge is 0.363 e. The molecule has 0 aliphatic heterocycles. The van der Waals surface area contributed by atoms with Crippen molar-refractivity contribution in [1.29, 1.82) is 0 Å². The number of nitrogens with one attached hydrogen (secondary N) is 2. The summed E-state index contributed by atoms with van der Waals surface area (Å²) in [7, 11) is 6.20. The fourth-order valence-electron chi connectivity index (χ4n) is 2.26. The number of halogens is 6. The number of rotatable bonds is 8. The second-order valence-corrected chi connectivity index (χ2v) is 6.86. The van der Waals surface area contributed by atoms with Crippen LogP contribution < -0.4 is 20.4 Å². The first-order chi connectivity index (χ1) is 14.3. The molecule has 2 aromatic rings. The molecule has 14 heteroatoms. The molecule has 0 atom stereocenters. The van der Waals surface area contributed by atoms with Gasteiger partial charge in [-0.05, 0) is 6.42 Å². The van der Waals surface area contributed by atoms with Gasteiger partial charge in [0.25, 0.3) is 0 Å². The summed E-state index contributed by atoms with van der Waals surface area (Å²) in [5.74, 6) is -0.250. The topological polar surface area (TPSA) is 82.1 Å². The number of hydrogen-bond acceptors (Lipinski definition) is 8. The summed E-state index contributed by atoms with van der Waals surface area (Å²) in [6.45, 7) is 0.335. The van der Waals surface area contributed by atoms with E-state index < -0.39 is 23.7 Å². The molecule has 0 amide bonds. The van der Waals surface area contributed by atoms with Crippen LogP contribution in [0.25, 0.3) is 0 Å². The highest BCUT2D eigenvalue weighted by Gasteiger charge is 2.34. The molecule has 0 aliphatic carbocycles. The van der Waals surface area contributed by atoms with Gasteiger partial charge in [0.15, 0.2) is 11.4 Å². The molecule has 0 bridgehead atoms. The summed E-state index contributed by atoms with van der Waals surface area (Å²) in [5.41, 5.74) is -2.17. The van der Waals surface area contributed by atoms with Crippen LogP contribution in [0.5, 0.6) is 0 Å². The third-order valence-electron chi connectivity index (χ3n) is 3.84. The van der Waals surface area contributed by atoms with E-state index in [9.17, 15) is 26.3 Å². The summed E-state index contributed by atoms with van der Waals surface area (Å²) in [6.07, 6.45) is -8.93. The fourth-order valence-corrected chi connectivity index (χ4v) is 2.26. The molecule has 0 fully saturated rings. The normalized spacial score (nSPS) is 11.9. The van der Waals surface area contributed by atoms with Crippen LogP contribution in [-0.2, 0) is 12.4 Å². The summed E-state index contributed by atoms with van der Waals surface area (Å²) >= 11 is 0. The second kappa shape index (κ2) is 9.39. The van der Waals surface area contributed by atoms with Crippen molar-refractivity contribution >= 4 is 23.5 Å². The molecule has 2 N–H and O–H groups in total. The van der Waals surface area contributed by atoms with E-state index in [1.54, 1.807) is 28.2 Å². The number of alkyl halides is 6. The molecule has 2 rings (SSSR count). The third-order valence-corrected chi connectivity index (χ3v) is 3.84. The number of hydrogen-bond donors (Lipinski definition) is 2. The minimum Gasteiger partial charge on any atom is -0.363 e. The maximum Gasteiger partial charge on any atom is 0.433 e. The van der Waals surface area contributed by atoms with Gasteiger partial charge in [-0.25, -0.2) is 9.97 Å². The Balaban J connectivity index is 2.00. The maximum atomic E-state index is 13.0. The van der Waals surface area contributed by atoms with E-state index in [1.807, 2.05) is 0 Å². The van der Waals surface area contributed by atoms with E-state index in [0.29, 0.717) is 6.42 Å². The molecular weight excluding hydrogens is 430 g/mol. The zero-order valence-electron chi connectivity index (χ0n) is 17.2. The number of nitrogens with zero attached hydrogens (tertiary/aromatic N) is 6. The highest BCUT2D eigenvalue weighted by atomic mass is 19.4. The van der Waals surface area contributed by atoms with Gasteiger partial charge < -0.3 is 20.4 Å². The molecule has 2 heterocycles. The van der Waals surface area contributed by atoms with Gasteiger partial charge >= 0.3 is 12.4 Å². The molecule has 2 aromatic heterocycles. The van der Waals surface area contributed by atoms with Gasteiger partial charge in [-0.1, -0.05) is 0 Å². The van der Waals surface area contributed by atoms with Gasteiger partial charge in [0, 0.05) is 53.4 Å². The van der Waals surface area contributed by atoms with Crippen LogP contribution in [0.4, 0.5) is 49.9 Å². The molecule has 0 aliphatic rings. The summed E-state index contributed by atoms with van der Waals surface area (Å²) in [6, 6.07) is 1.67. The molecule has 0 radical (unpaired) electrons. The zero-order chi connectivity index (χ0) is 23.4. The lowest BCUT2D eigenvalue weighted by atomic mass is 10.3. The van der Waals surface area contributed by atoms with Crippen molar-refractivity contribution < 1.29 is 26.3 Å². The summed E-state index contributed by atoms with van der Waals surface area (Å²) < 4.78 is 78.0. The standard InChI is InChI=1S/C17H22F6N8/c1-30(2)12-8-10(16(18,19)20)26-14(28-12)24-6-5-7-25-15-27-11(17(21,22)23)9-13(29-15)31(3)4/h8-9H,5-7H2,1-4H3,(H,24,26,28)(H,25,27,29). The molecule has 172 valence electrons. The van der Waals surface area contributed by atoms with Crippen LogP contribution in [0.1, 0.15) is 17.8 Å². The SMILES string of the molecule is CN(C)c1cc(C(F)(F)F)nc(NCCCNc2nc(N(C)C)cc(C(F)(F)F)n2)n1. The Morgan fingerprint density at radius 3 is 1.32 bits per heavy atom. The average molecular weight is 452 g/mol. The van der Waals surface area contributed by atoms with Crippen molar-refractivity contribution in [3.8, 4) is 0 Å². The van der Waals surface area contributed by atoms with Crippen molar-refractivity contribution in [3.05, 3.63) is 23.5 Å². The Hall–Kier alpha value is -3.06. The molecule has 8 nitrogen and oxygen atoms in total. The summed E-state index contributed by atoms with van der Waals surface area (Å²) in [5, 5.41) is 5.37. The third kappa shape index (κ3) is 7.00. The molecule has 0 saturated carbocycles. The van der Waals surface area contributed by atoms with Crippen molar-refractivity contribution in [3.63, 3.8) is 0 Å². The summed E-state index contributed by atoms with van der Waals surface area (Å²) in [4.78, 5) is 17.8. The van der Waals surface area contributed by atoms with E-state index in [1.165, 1.54) is 9.80 Å². The second-order valence-electron chi connectivity index (χ2n) is 6.86. The van der Waals surface area contributed by atoms with Gasteiger partial charge in [0.2, 0.25) is 11.9 Å². The van der Waals surface area contributed by atoms with E-state index in [4.69, 9.17) is 0 Å². The zero-order valence-corrected chi connectivity index (χ0v) is 17.2. The van der Waals surface area contributed by atoms with E-state index in [-0.39, 0.29) is 36.6 Å². The molecule has 31 heavy (non-hydrogen) atoms. The highest BCUT2D eigenvalue weighted by molar-refractivity contribution is 5.45. The lowest BCUT2D eigenvalue weighted by Gasteiger charge is -2.16. The van der Waals surface area contributed by atoms with Gasteiger partial charge in [-0.3, -0.25) is 0 Å². The molecule has 0 aromatic carbocycles. The lowest BCUT2D eigenvalue weighted by molar-refractivity contribution is -0.141. The quantitative estimate of drug-likeness (QED) is 0.466. The molecular formula is C17H22F6N8. The van der Waals surface area contributed by atoms with Crippen molar-refractivity contribution in [2.45, 2.75) is 18.8 Å². The Morgan fingerprint density at radius 1 is 0.677 bits per heavy atom. The minimum absolute atomic E-state index is 0.0801. The van der Waals surface area contributed by atoms with Crippen LogP contribution in [0.2, 0.25) is 0 Å². The fraction of sp³-hybridized carbons (Fsp3) is 0.529. The Morgan fingerprint density at radius 2 is 1.03 bits per heavy atom. The van der Waals surface area contributed by atoms with Crippen molar-refractivity contribution in [1.82, 2.24) is 19.9 Å². The first kappa shape index (κ1) is 24.2. The van der Waals surface area contributed by atoms with Crippen LogP contribution in [0, 0.1) is 0 Å². The van der Waals surface area contributed by atoms with Crippen LogP contribution in [0.15, 0.2) is 12.1 Å². The Labute approximate surface area is 174 Å². The highest BCUT2D eigenvalue weighted by Crippen LogP contribution is 2.31. The maximum absolute atomic E-state index is 13.0. The van der Waals surface area contributed by atoms with Gasteiger partial charge in [-0.2, -0.15) is 36.3 Å². The largest absolute Gasteiger partial charge is 0.433 e. The Kier molecular flexibility index (Phi) is 7.33. The minimum atomic E-state index is -4.63. The Bertz CT molecular complexity index is 810. The van der Waals surface area contributed by atoms with Crippen LogP contribution in [-0.4, -0.2) is 61.2 Å². The van der Waals surface area contributed by atoms with Crippen molar-refractivity contribution in [2.24, 2.45) is 0 Å². The number of aromatic nitrogens is 4. The lowest BCUT2D eigenvalue weighted by Crippen LogP contribution is -2.19. The molecule has 0 unspecified atom stereocenters.